The average Bonchev–Trinajstić information content (AvgIpc) is 2.66. The molecule has 0 radical (unpaired) electrons. The maximum atomic E-state index is 14.6. The summed E-state index contributed by atoms with van der Waals surface area (Å²) in [6, 6.07) is 8.72. The lowest BCUT2D eigenvalue weighted by molar-refractivity contribution is -0.123. The van der Waals surface area contributed by atoms with Crippen molar-refractivity contribution in [2.45, 2.75) is 44.1 Å². The first-order chi connectivity index (χ1) is 13.0. The largest absolute Gasteiger partial charge is 0.452 e. The Hall–Kier alpha value is -2.94. The van der Waals surface area contributed by atoms with Crippen LogP contribution in [-0.4, -0.2) is 5.91 Å². The number of hydrogen-bond donors (Lipinski definition) is 1. The zero-order valence-electron chi connectivity index (χ0n) is 14.6. The number of carbonyl (C=O) groups excluding carboxylic acids is 1. The second kappa shape index (κ2) is 6.66. The molecule has 1 fully saturated rings. The van der Waals surface area contributed by atoms with Crippen molar-refractivity contribution in [2.24, 2.45) is 0 Å². The molecule has 1 heterocycles. The van der Waals surface area contributed by atoms with Gasteiger partial charge in [-0.15, -0.1) is 0 Å². The number of nitrogens with zero attached hydrogens (tertiary/aromatic N) is 1. The summed E-state index contributed by atoms with van der Waals surface area (Å²) in [5, 5.41) is 12.3. The van der Waals surface area contributed by atoms with Gasteiger partial charge in [0, 0.05) is 11.1 Å². The Morgan fingerprint density at radius 1 is 1.07 bits per heavy atom. The van der Waals surface area contributed by atoms with E-state index in [0.29, 0.717) is 24.0 Å². The van der Waals surface area contributed by atoms with Crippen molar-refractivity contribution < 1.29 is 18.3 Å². The normalized spacial score (nSPS) is 17.7. The van der Waals surface area contributed by atoms with Crippen LogP contribution in [0.4, 0.5) is 8.78 Å². The van der Waals surface area contributed by atoms with Crippen LogP contribution in [0.5, 0.6) is 11.5 Å². The molecule has 1 saturated carbocycles. The molecule has 138 valence electrons. The standard InChI is InChI=1S/C21H18F2N2O2/c22-15-7-8-17(27-20-13(12-24)5-4-6-16(20)23)19-14(15)11-18(26)25-21(19)9-2-1-3-10-21/h4-8H,1-3,9-11H2,(H,25,26). The highest BCUT2D eigenvalue weighted by atomic mass is 19.1. The molecular formula is C21H18F2N2O2. The van der Waals surface area contributed by atoms with E-state index in [2.05, 4.69) is 5.32 Å². The predicted molar refractivity (Wildman–Crippen MR) is 94.2 cm³/mol. The topological polar surface area (TPSA) is 62.1 Å². The highest BCUT2D eigenvalue weighted by Crippen LogP contribution is 2.47. The average molecular weight is 368 g/mol. The van der Waals surface area contributed by atoms with E-state index in [1.807, 2.05) is 6.07 Å². The SMILES string of the molecule is N#Cc1cccc(F)c1Oc1ccc(F)c2c1C1(CCCCC1)NC(=O)C2. The van der Waals surface area contributed by atoms with E-state index >= 15 is 0 Å². The fourth-order valence-corrected chi connectivity index (χ4v) is 4.26. The second-order valence-corrected chi connectivity index (χ2v) is 7.10. The third kappa shape index (κ3) is 2.93. The zero-order valence-corrected chi connectivity index (χ0v) is 14.6. The van der Waals surface area contributed by atoms with Gasteiger partial charge in [-0.25, -0.2) is 8.78 Å². The van der Waals surface area contributed by atoms with Crippen LogP contribution in [0.2, 0.25) is 0 Å². The Kier molecular flexibility index (Phi) is 4.31. The van der Waals surface area contributed by atoms with E-state index in [1.54, 1.807) is 0 Å². The van der Waals surface area contributed by atoms with Crippen molar-refractivity contribution in [1.29, 1.82) is 5.26 Å². The van der Waals surface area contributed by atoms with E-state index < -0.39 is 17.2 Å². The molecule has 0 aromatic heterocycles. The zero-order chi connectivity index (χ0) is 19.0. The maximum absolute atomic E-state index is 14.6. The Morgan fingerprint density at radius 3 is 2.59 bits per heavy atom. The van der Waals surface area contributed by atoms with Gasteiger partial charge in [-0.1, -0.05) is 25.3 Å². The molecule has 0 atom stereocenters. The Bertz CT molecular complexity index is 959. The molecule has 2 aromatic carbocycles. The third-order valence-electron chi connectivity index (χ3n) is 5.42. The highest BCUT2D eigenvalue weighted by molar-refractivity contribution is 5.83. The number of rotatable bonds is 2. The number of fused-ring (bicyclic) bond motifs is 2. The summed E-state index contributed by atoms with van der Waals surface area (Å²) < 4.78 is 34.7. The second-order valence-electron chi connectivity index (χ2n) is 7.10. The van der Waals surface area contributed by atoms with Crippen molar-refractivity contribution in [2.75, 3.05) is 0 Å². The lowest BCUT2D eigenvalue weighted by Gasteiger charge is -2.43. The van der Waals surface area contributed by atoms with Gasteiger partial charge in [0.15, 0.2) is 11.6 Å². The van der Waals surface area contributed by atoms with Gasteiger partial charge in [-0.2, -0.15) is 5.26 Å². The van der Waals surface area contributed by atoms with Crippen molar-refractivity contribution in [3.8, 4) is 17.6 Å². The molecule has 0 unspecified atom stereocenters. The number of ether oxygens (including phenoxy) is 1. The minimum atomic E-state index is -0.710. The van der Waals surface area contributed by atoms with Crippen LogP contribution in [0.15, 0.2) is 30.3 Å². The molecule has 2 aromatic rings. The minimum absolute atomic E-state index is 0.0608. The molecular weight excluding hydrogens is 350 g/mol. The number of benzene rings is 2. The summed E-state index contributed by atoms with van der Waals surface area (Å²) in [6.45, 7) is 0. The summed E-state index contributed by atoms with van der Waals surface area (Å²) in [5.41, 5.74) is 0.228. The first-order valence-electron chi connectivity index (χ1n) is 9.03. The molecule has 0 bridgehead atoms. The van der Waals surface area contributed by atoms with Gasteiger partial charge in [-0.3, -0.25) is 4.79 Å². The van der Waals surface area contributed by atoms with Gasteiger partial charge in [-0.05, 0) is 37.1 Å². The maximum Gasteiger partial charge on any atom is 0.225 e. The lowest BCUT2D eigenvalue weighted by atomic mass is 9.72. The van der Waals surface area contributed by atoms with Gasteiger partial charge in [0.1, 0.15) is 17.6 Å². The molecule has 0 saturated heterocycles. The smallest absolute Gasteiger partial charge is 0.225 e. The lowest BCUT2D eigenvalue weighted by Crippen LogP contribution is -2.52. The van der Waals surface area contributed by atoms with Crippen LogP contribution >= 0.6 is 0 Å². The van der Waals surface area contributed by atoms with E-state index in [0.717, 1.165) is 19.3 Å². The van der Waals surface area contributed by atoms with Crippen LogP contribution in [0.25, 0.3) is 0 Å². The number of amides is 1. The quantitative estimate of drug-likeness (QED) is 0.851. The Balaban J connectivity index is 1.88. The number of para-hydroxylation sites is 1. The Morgan fingerprint density at radius 2 is 1.85 bits per heavy atom. The molecule has 1 spiro atoms. The first kappa shape index (κ1) is 17.5. The van der Waals surface area contributed by atoms with Gasteiger partial charge in [0.25, 0.3) is 0 Å². The molecule has 1 N–H and O–H groups in total. The number of nitriles is 1. The van der Waals surface area contributed by atoms with Crippen molar-refractivity contribution in [3.63, 3.8) is 0 Å². The van der Waals surface area contributed by atoms with E-state index in [4.69, 9.17) is 4.74 Å². The highest BCUT2D eigenvalue weighted by Gasteiger charge is 2.43. The van der Waals surface area contributed by atoms with Gasteiger partial charge >= 0.3 is 0 Å². The summed E-state index contributed by atoms with van der Waals surface area (Å²) in [6.07, 6.45) is 4.12. The van der Waals surface area contributed by atoms with E-state index in [-0.39, 0.29) is 29.4 Å². The fraction of sp³-hybridized carbons (Fsp3) is 0.333. The van der Waals surface area contributed by atoms with Crippen LogP contribution < -0.4 is 10.1 Å². The van der Waals surface area contributed by atoms with E-state index in [9.17, 15) is 18.8 Å². The van der Waals surface area contributed by atoms with Crippen molar-refractivity contribution >= 4 is 5.91 Å². The van der Waals surface area contributed by atoms with Crippen molar-refractivity contribution in [3.05, 3.63) is 58.7 Å². The fourth-order valence-electron chi connectivity index (χ4n) is 4.26. The summed E-state index contributed by atoms with van der Waals surface area (Å²) in [5.74, 6) is -1.24. The number of nitrogens with one attached hydrogen (secondary N) is 1. The molecule has 4 nitrogen and oxygen atoms in total. The summed E-state index contributed by atoms with van der Waals surface area (Å²) >= 11 is 0. The Labute approximate surface area is 155 Å². The summed E-state index contributed by atoms with van der Waals surface area (Å²) in [4.78, 5) is 12.3. The van der Waals surface area contributed by atoms with Crippen LogP contribution in [0, 0.1) is 23.0 Å². The monoisotopic (exact) mass is 368 g/mol. The van der Waals surface area contributed by atoms with Crippen LogP contribution in [0.3, 0.4) is 0 Å². The predicted octanol–water partition coefficient (Wildman–Crippen LogP) is 4.46. The number of halogens is 2. The molecule has 4 rings (SSSR count). The molecule has 6 heteroatoms. The number of hydrogen-bond acceptors (Lipinski definition) is 3. The molecule has 27 heavy (non-hydrogen) atoms. The van der Waals surface area contributed by atoms with Crippen molar-refractivity contribution in [1.82, 2.24) is 5.32 Å². The minimum Gasteiger partial charge on any atom is -0.452 e. The third-order valence-corrected chi connectivity index (χ3v) is 5.42. The van der Waals surface area contributed by atoms with Crippen LogP contribution in [0.1, 0.15) is 48.8 Å². The van der Waals surface area contributed by atoms with Crippen LogP contribution in [-0.2, 0) is 16.8 Å². The van der Waals surface area contributed by atoms with E-state index in [1.165, 1.54) is 30.3 Å². The van der Waals surface area contributed by atoms with Gasteiger partial charge in [0.2, 0.25) is 5.91 Å². The van der Waals surface area contributed by atoms with Gasteiger partial charge in [0.05, 0.1) is 17.5 Å². The molecule has 1 aliphatic heterocycles. The molecule has 1 aliphatic carbocycles. The molecule has 2 aliphatic rings. The summed E-state index contributed by atoms with van der Waals surface area (Å²) in [7, 11) is 0. The number of carbonyl (C=O) groups is 1. The molecule has 1 amide bonds. The van der Waals surface area contributed by atoms with Gasteiger partial charge < -0.3 is 10.1 Å². The first-order valence-corrected chi connectivity index (χ1v) is 9.03.